The van der Waals surface area contributed by atoms with E-state index in [4.69, 9.17) is 0 Å². The molecule has 1 aromatic heterocycles. The SMILES string of the molecule is CC1CCC(C(=O)N(c2cc(C#CC(C)(C)C)sc2C(=O)O)N(C)C)CC1. The van der Waals surface area contributed by atoms with Crippen LogP contribution in [-0.2, 0) is 4.79 Å². The molecule has 1 N–H and O–H groups in total. The third kappa shape index (κ3) is 5.57. The number of hydrazine groups is 1. The summed E-state index contributed by atoms with van der Waals surface area (Å²) in [7, 11) is 3.54. The molecule has 1 saturated carbocycles. The fourth-order valence-electron chi connectivity index (χ4n) is 3.21. The van der Waals surface area contributed by atoms with Crippen LogP contribution in [0.15, 0.2) is 6.07 Å². The molecule has 1 aliphatic rings. The first-order valence-electron chi connectivity index (χ1n) is 9.41. The van der Waals surface area contributed by atoms with Gasteiger partial charge >= 0.3 is 5.97 Å². The first-order valence-corrected chi connectivity index (χ1v) is 10.2. The van der Waals surface area contributed by atoms with E-state index in [9.17, 15) is 14.7 Å². The van der Waals surface area contributed by atoms with Crippen LogP contribution >= 0.6 is 11.3 Å². The second-order valence-electron chi connectivity index (χ2n) is 8.58. The van der Waals surface area contributed by atoms with E-state index in [1.165, 1.54) is 5.01 Å². The molecule has 148 valence electrons. The Morgan fingerprint density at radius 3 is 2.26 bits per heavy atom. The Hall–Kier alpha value is -1.84. The number of thiophene rings is 1. The minimum Gasteiger partial charge on any atom is -0.477 e. The highest BCUT2D eigenvalue weighted by Crippen LogP contribution is 2.35. The van der Waals surface area contributed by atoms with Gasteiger partial charge in [-0.15, -0.1) is 11.3 Å². The predicted octanol–water partition coefficient (Wildman–Crippen LogP) is 4.48. The molecule has 0 atom stereocenters. The van der Waals surface area contributed by atoms with E-state index in [0.717, 1.165) is 37.0 Å². The molecule has 5 nitrogen and oxygen atoms in total. The number of amides is 1. The molecule has 0 bridgehead atoms. The highest BCUT2D eigenvalue weighted by atomic mass is 32.1. The number of carboxylic acid groups (broad SMARTS) is 1. The summed E-state index contributed by atoms with van der Waals surface area (Å²) >= 11 is 1.12. The van der Waals surface area contributed by atoms with Crippen molar-refractivity contribution in [2.75, 3.05) is 19.1 Å². The molecule has 1 aromatic rings. The van der Waals surface area contributed by atoms with Gasteiger partial charge in [-0.25, -0.2) is 14.8 Å². The maximum atomic E-state index is 13.2. The lowest BCUT2D eigenvalue weighted by Crippen LogP contribution is -2.46. The van der Waals surface area contributed by atoms with Crippen LogP contribution in [0, 0.1) is 29.1 Å². The third-order valence-corrected chi connectivity index (χ3v) is 5.70. The van der Waals surface area contributed by atoms with Gasteiger partial charge in [-0.3, -0.25) is 4.79 Å². The molecule has 1 aliphatic carbocycles. The zero-order valence-corrected chi connectivity index (χ0v) is 17.9. The van der Waals surface area contributed by atoms with Gasteiger partial charge in [0.25, 0.3) is 0 Å². The zero-order valence-electron chi connectivity index (χ0n) is 17.1. The Balaban J connectivity index is 2.40. The zero-order chi connectivity index (χ0) is 20.4. The van der Waals surface area contributed by atoms with E-state index in [1.54, 1.807) is 25.2 Å². The Morgan fingerprint density at radius 2 is 1.78 bits per heavy atom. The van der Waals surface area contributed by atoms with Crippen LogP contribution in [0.5, 0.6) is 0 Å². The molecule has 1 fully saturated rings. The number of carbonyl (C=O) groups excluding carboxylic acids is 1. The minimum atomic E-state index is -1.03. The molecule has 1 amide bonds. The topological polar surface area (TPSA) is 60.9 Å². The molecular weight excluding hydrogens is 360 g/mol. The van der Waals surface area contributed by atoms with Crippen LogP contribution in [0.3, 0.4) is 0 Å². The number of carbonyl (C=O) groups is 2. The van der Waals surface area contributed by atoms with Crippen molar-refractivity contribution in [2.45, 2.75) is 53.4 Å². The van der Waals surface area contributed by atoms with Crippen molar-refractivity contribution in [1.29, 1.82) is 0 Å². The standard InChI is InChI=1S/C21H30N2O3S/c1-14-7-9-15(10-8-14)19(24)23(22(5)6)17-13-16(11-12-21(2,3)4)27-18(17)20(25)26/h13-15H,7-10H2,1-6H3,(H,25,26). The summed E-state index contributed by atoms with van der Waals surface area (Å²) in [4.78, 5) is 25.8. The number of anilines is 1. The van der Waals surface area contributed by atoms with E-state index in [0.29, 0.717) is 16.5 Å². The van der Waals surface area contributed by atoms with Gasteiger partial charge in [0.1, 0.15) is 4.88 Å². The van der Waals surface area contributed by atoms with Crippen LogP contribution < -0.4 is 5.01 Å². The van der Waals surface area contributed by atoms with Gasteiger partial charge in [0.15, 0.2) is 0 Å². The Labute approximate surface area is 166 Å². The average Bonchev–Trinajstić information content (AvgIpc) is 2.97. The predicted molar refractivity (Wildman–Crippen MR) is 110 cm³/mol. The number of rotatable bonds is 4. The van der Waals surface area contributed by atoms with Crippen LogP contribution in [0.4, 0.5) is 5.69 Å². The summed E-state index contributed by atoms with van der Waals surface area (Å²) < 4.78 is 0. The van der Waals surface area contributed by atoms with Crippen LogP contribution in [0.1, 0.15) is 67.9 Å². The van der Waals surface area contributed by atoms with Crippen molar-refractivity contribution in [3.05, 3.63) is 15.8 Å². The minimum absolute atomic E-state index is 0.0254. The van der Waals surface area contributed by atoms with Crippen molar-refractivity contribution in [3.8, 4) is 11.8 Å². The molecule has 0 saturated heterocycles. The largest absolute Gasteiger partial charge is 0.477 e. The van der Waals surface area contributed by atoms with Gasteiger partial charge < -0.3 is 5.11 Å². The molecule has 0 aliphatic heterocycles. The van der Waals surface area contributed by atoms with Crippen molar-refractivity contribution < 1.29 is 14.7 Å². The van der Waals surface area contributed by atoms with Gasteiger partial charge in [-0.2, -0.15) is 0 Å². The monoisotopic (exact) mass is 390 g/mol. The lowest BCUT2D eigenvalue weighted by Gasteiger charge is -2.34. The molecule has 2 rings (SSSR count). The smallest absolute Gasteiger partial charge is 0.348 e. The van der Waals surface area contributed by atoms with Crippen molar-refractivity contribution in [2.24, 2.45) is 17.3 Å². The molecule has 0 aromatic carbocycles. The summed E-state index contributed by atoms with van der Waals surface area (Å²) in [5.41, 5.74) is 0.239. The average molecular weight is 391 g/mol. The molecule has 1 heterocycles. The molecule has 27 heavy (non-hydrogen) atoms. The molecular formula is C21H30N2O3S. The van der Waals surface area contributed by atoms with Crippen molar-refractivity contribution >= 4 is 28.9 Å². The number of nitrogens with zero attached hydrogens (tertiary/aromatic N) is 2. The quantitative estimate of drug-likeness (QED) is 0.608. The molecule has 0 spiro atoms. The van der Waals surface area contributed by atoms with Gasteiger partial charge in [0.2, 0.25) is 5.91 Å². The van der Waals surface area contributed by atoms with E-state index < -0.39 is 5.97 Å². The Morgan fingerprint density at radius 1 is 1.19 bits per heavy atom. The van der Waals surface area contributed by atoms with Crippen molar-refractivity contribution in [3.63, 3.8) is 0 Å². The normalized spacial score (nSPS) is 20.1. The fraction of sp³-hybridized carbons (Fsp3) is 0.619. The van der Waals surface area contributed by atoms with Crippen LogP contribution in [0.25, 0.3) is 0 Å². The van der Waals surface area contributed by atoms with Gasteiger partial charge in [-0.05, 0) is 58.4 Å². The second kappa shape index (κ2) is 8.45. The third-order valence-electron chi connectivity index (χ3n) is 4.67. The van der Waals surface area contributed by atoms with Gasteiger partial charge in [0, 0.05) is 25.4 Å². The second-order valence-corrected chi connectivity index (χ2v) is 9.64. The maximum absolute atomic E-state index is 13.2. The maximum Gasteiger partial charge on any atom is 0.348 e. The summed E-state index contributed by atoms with van der Waals surface area (Å²) in [6.45, 7) is 8.23. The Bertz CT molecular complexity index is 757. The van der Waals surface area contributed by atoms with E-state index in [-0.39, 0.29) is 22.1 Å². The number of hydrogen-bond donors (Lipinski definition) is 1. The summed E-state index contributed by atoms with van der Waals surface area (Å²) in [5, 5.41) is 12.9. The van der Waals surface area contributed by atoms with Crippen LogP contribution in [0.2, 0.25) is 0 Å². The van der Waals surface area contributed by atoms with Gasteiger partial charge in [-0.1, -0.05) is 18.8 Å². The fourth-order valence-corrected chi connectivity index (χ4v) is 4.04. The number of hydrogen-bond acceptors (Lipinski definition) is 4. The highest BCUT2D eigenvalue weighted by molar-refractivity contribution is 7.15. The van der Waals surface area contributed by atoms with Crippen LogP contribution in [-0.4, -0.2) is 36.1 Å². The van der Waals surface area contributed by atoms with Gasteiger partial charge in [0.05, 0.1) is 10.6 Å². The lowest BCUT2D eigenvalue weighted by molar-refractivity contribution is -0.126. The molecule has 6 heteroatoms. The van der Waals surface area contributed by atoms with E-state index in [2.05, 4.69) is 18.8 Å². The van der Waals surface area contributed by atoms with E-state index >= 15 is 0 Å². The highest BCUT2D eigenvalue weighted by Gasteiger charge is 2.33. The summed E-state index contributed by atoms with van der Waals surface area (Å²) in [6, 6.07) is 1.73. The van der Waals surface area contributed by atoms with Crippen molar-refractivity contribution in [1.82, 2.24) is 5.01 Å². The first-order chi connectivity index (χ1) is 12.5. The molecule has 0 radical (unpaired) electrons. The molecule has 0 unspecified atom stereocenters. The number of aromatic carboxylic acids is 1. The van der Waals surface area contributed by atoms with E-state index in [1.807, 2.05) is 20.8 Å². The summed E-state index contributed by atoms with van der Waals surface area (Å²) in [5.74, 6) is 5.73. The summed E-state index contributed by atoms with van der Waals surface area (Å²) in [6.07, 6.45) is 3.78. The Kier molecular flexibility index (Phi) is 6.72. The lowest BCUT2D eigenvalue weighted by atomic mass is 9.82. The number of carboxylic acids is 1. The first kappa shape index (κ1) is 21.5.